The number of hydrogen-bond acceptors (Lipinski definition) is 1. The number of rotatable bonds is 3. The average Bonchev–Trinajstić information content (AvgIpc) is 2.72. The largest absolute Gasteiger partial charge is 0.381 e. The van der Waals surface area contributed by atoms with Gasteiger partial charge in [0.1, 0.15) is 0 Å². The van der Waals surface area contributed by atoms with Crippen LogP contribution in [-0.2, 0) is 11.2 Å². The molecule has 0 bridgehead atoms. The second-order valence-electron chi connectivity index (χ2n) is 4.35. The molecule has 1 unspecified atom stereocenters. The zero-order chi connectivity index (χ0) is 11.6. The Labute approximate surface area is 111 Å². The van der Waals surface area contributed by atoms with Crippen molar-refractivity contribution in [3.05, 3.63) is 33.8 Å². The third kappa shape index (κ3) is 2.65. The summed E-state index contributed by atoms with van der Waals surface area (Å²) in [6.45, 7) is 1.51. The van der Waals surface area contributed by atoms with Gasteiger partial charge in [0.25, 0.3) is 0 Å². The van der Waals surface area contributed by atoms with Gasteiger partial charge >= 0.3 is 0 Å². The van der Waals surface area contributed by atoms with Crippen molar-refractivity contribution in [2.75, 3.05) is 19.1 Å². The molecule has 0 N–H and O–H groups in total. The van der Waals surface area contributed by atoms with Crippen LogP contribution in [0.2, 0.25) is 10.0 Å². The molecule has 0 amide bonds. The second-order valence-corrected chi connectivity index (χ2v) is 5.46. The van der Waals surface area contributed by atoms with Crippen molar-refractivity contribution in [1.82, 2.24) is 0 Å². The molecule has 2 rings (SSSR count). The molecule has 16 heavy (non-hydrogen) atoms. The lowest BCUT2D eigenvalue weighted by Gasteiger charge is -2.24. The molecule has 88 valence electrons. The summed E-state index contributed by atoms with van der Waals surface area (Å²) < 4.78 is 5.43. The molecule has 1 fully saturated rings. The highest BCUT2D eigenvalue weighted by atomic mass is 35.5. The van der Waals surface area contributed by atoms with Gasteiger partial charge in [-0.2, -0.15) is 0 Å². The molecular formula is C12H13Cl3O. The number of benzene rings is 1. The normalized spacial score (nSPS) is 24.9. The summed E-state index contributed by atoms with van der Waals surface area (Å²) in [5.41, 5.74) is 1.14. The van der Waals surface area contributed by atoms with Crippen LogP contribution >= 0.6 is 34.8 Å². The fraction of sp³-hybridized carbons (Fsp3) is 0.500. The molecule has 0 spiro atoms. The Balaban J connectivity index is 2.19. The molecule has 0 aromatic heterocycles. The van der Waals surface area contributed by atoms with Gasteiger partial charge in [-0.25, -0.2) is 0 Å². The van der Waals surface area contributed by atoms with Crippen molar-refractivity contribution in [3.63, 3.8) is 0 Å². The Morgan fingerprint density at radius 1 is 1.31 bits per heavy atom. The summed E-state index contributed by atoms with van der Waals surface area (Å²) in [4.78, 5) is 0. The predicted octanol–water partition coefficient (Wildman–Crippen LogP) is 4.18. The van der Waals surface area contributed by atoms with Gasteiger partial charge in [0.05, 0.1) is 6.61 Å². The van der Waals surface area contributed by atoms with E-state index in [1.807, 2.05) is 12.1 Å². The molecule has 1 atom stereocenters. The molecule has 1 aromatic rings. The minimum atomic E-state index is 0.0407. The molecule has 0 aliphatic carbocycles. The standard InChI is InChI=1S/C12H13Cl3O/c13-7-12(3-4-16-8-12)6-9-1-2-10(14)5-11(9)15/h1-2,5H,3-4,6-8H2. The first-order valence-corrected chi connectivity index (χ1v) is 6.52. The Hall–Kier alpha value is 0.0500. The minimum absolute atomic E-state index is 0.0407. The SMILES string of the molecule is ClCC1(Cc2ccc(Cl)cc2Cl)CCOC1. The Bertz CT molecular complexity index is 373. The summed E-state index contributed by atoms with van der Waals surface area (Å²) >= 11 is 18.1. The van der Waals surface area contributed by atoms with Crippen LogP contribution in [0.15, 0.2) is 18.2 Å². The van der Waals surface area contributed by atoms with E-state index >= 15 is 0 Å². The molecule has 1 aliphatic heterocycles. The van der Waals surface area contributed by atoms with Crippen molar-refractivity contribution in [1.29, 1.82) is 0 Å². The van der Waals surface area contributed by atoms with Gasteiger partial charge < -0.3 is 4.74 Å². The van der Waals surface area contributed by atoms with E-state index in [9.17, 15) is 0 Å². The first-order chi connectivity index (χ1) is 7.65. The number of alkyl halides is 1. The monoisotopic (exact) mass is 278 g/mol. The second kappa shape index (κ2) is 5.14. The third-order valence-electron chi connectivity index (χ3n) is 3.05. The average molecular weight is 280 g/mol. The quantitative estimate of drug-likeness (QED) is 0.754. The highest BCUT2D eigenvalue weighted by Gasteiger charge is 2.34. The van der Waals surface area contributed by atoms with E-state index in [0.29, 0.717) is 15.9 Å². The van der Waals surface area contributed by atoms with E-state index in [0.717, 1.165) is 31.6 Å². The van der Waals surface area contributed by atoms with Gasteiger partial charge in [-0.05, 0) is 30.5 Å². The van der Waals surface area contributed by atoms with Crippen LogP contribution in [-0.4, -0.2) is 19.1 Å². The number of halogens is 3. The van der Waals surface area contributed by atoms with Crippen LogP contribution in [0, 0.1) is 5.41 Å². The summed E-state index contributed by atoms with van der Waals surface area (Å²) in [6, 6.07) is 5.61. The predicted molar refractivity (Wildman–Crippen MR) is 68.8 cm³/mol. The van der Waals surface area contributed by atoms with Gasteiger partial charge in [-0.1, -0.05) is 29.3 Å². The van der Waals surface area contributed by atoms with E-state index in [4.69, 9.17) is 39.5 Å². The van der Waals surface area contributed by atoms with Gasteiger partial charge in [0.2, 0.25) is 0 Å². The van der Waals surface area contributed by atoms with Crippen molar-refractivity contribution in [2.24, 2.45) is 5.41 Å². The molecule has 1 heterocycles. The number of hydrogen-bond donors (Lipinski definition) is 0. The lowest BCUT2D eigenvalue weighted by molar-refractivity contribution is 0.161. The van der Waals surface area contributed by atoms with Gasteiger partial charge in [0, 0.05) is 27.9 Å². The first kappa shape index (κ1) is 12.5. The maximum atomic E-state index is 6.16. The zero-order valence-corrected chi connectivity index (χ0v) is 11.1. The fourth-order valence-corrected chi connectivity index (χ4v) is 2.79. The van der Waals surface area contributed by atoms with Crippen LogP contribution < -0.4 is 0 Å². The van der Waals surface area contributed by atoms with Crippen LogP contribution in [0.4, 0.5) is 0 Å². The van der Waals surface area contributed by atoms with Crippen molar-refractivity contribution >= 4 is 34.8 Å². The van der Waals surface area contributed by atoms with Crippen molar-refractivity contribution in [3.8, 4) is 0 Å². The summed E-state index contributed by atoms with van der Waals surface area (Å²) in [6.07, 6.45) is 1.85. The molecule has 1 aliphatic rings. The van der Waals surface area contributed by atoms with Gasteiger partial charge in [-0.3, -0.25) is 0 Å². The molecule has 0 saturated carbocycles. The van der Waals surface area contributed by atoms with Gasteiger partial charge in [-0.15, -0.1) is 11.6 Å². The Morgan fingerprint density at radius 3 is 2.69 bits per heavy atom. The maximum Gasteiger partial charge on any atom is 0.0537 e. The lowest BCUT2D eigenvalue weighted by Crippen LogP contribution is -2.26. The van der Waals surface area contributed by atoms with Gasteiger partial charge in [0.15, 0.2) is 0 Å². The van der Waals surface area contributed by atoms with Crippen molar-refractivity contribution in [2.45, 2.75) is 12.8 Å². The smallest absolute Gasteiger partial charge is 0.0537 e. The van der Waals surface area contributed by atoms with E-state index in [1.54, 1.807) is 6.07 Å². The van der Waals surface area contributed by atoms with E-state index in [1.165, 1.54) is 0 Å². The Kier molecular flexibility index (Phi) is 4.01. The lowest BCUT2D eigenvalue weighted by atomic mass is 9.83. The molecule has 1 saturated heterocycles. The molecule has 0 radical (unpaired) electrons. The maximum absolute atomic E-state index is 6.16. The fourth-order valence-electron chi connectivity index (χ4n) is 2.01. The van der Waals surface area contributed by atoms with Crippen LogP contribution in [0.1, 0.15) is 12.0 Å². The highest BCUT2D eigenvalue weighted by Crippen LogP contribution is 2.36. The summed E-state index contributed by atoms with van der Waals surface area (Å²) in [5.74, 6) is 0.603. The number of ether oxygens (including phenoxy) is 1. The zero-order valence-electron chi connectivity index (χ0n) is 8.81. The van der Waals surface area contributed by atoms with E-state index in [-0.39, 0.29) is 5.41 Å². The molecule has 1 aromatic carbocycles. The Morgan fingerprint density at radius 2 is 2.12 bits per heavy atom. The first-order valence-electron chi connectivity index (χ1n) is 5.23. The summed E-state index contributed by atoms with van der Waals surface area (Å²) in [5, 5.41) is 1.38. The van der Waals surface area contributed by atoms with Crippen LogP contribution in [0.3, 0.4) is 0 Å². The molecular weight excluding hydrogens is 266 g/mol. The van der Waals surface area contributed by atoms with E-state index < -0.39 is 0 Å². The van der Waals surface area contributed by atoms with Crippen LogP contribution in [0.25, 0.3) is 0 Å². The van der Waals surface area contributed by atoms with E-state index in [2.05, 4.69) is 0 Å². The minimum Gasteiger partial charge on any atom is -0.381 e. The topological polar surface area (TPSA) is 9.23 Å². The third-order valence-corrected chi connectivity index (χ3v) is 4.20. The molecule has 1 nitrogen and oxygen atoms in total. The van der Waals surface area contributed by atoms with Crippen LogP contribution in [0.5, 0.6) is 0 Å². The summed E-state index contributed by atoms with van der Waals surface area (Å²) in [7, 11) is 0. The molecule has 4 heteroatoms. The van der Waals surface area contributed by atoms with Crippen molar-refractivity contribution < 1.29 is 4.74 Å². The highest BCUT2D eigenvalue weighted by molar-refractivity contribution is 6.35.